The Balaban J connectivity index is 0.000000382. The molecule has 0 amide bonds. The van der Waals surface area contributed by atoms with Gasteiger partial charge < -0.3 is 17.2 Å². The summed E-state index contributed by atoms with van der Waals surface area (Å²) in [6, 6.07) is 3.47. The van der Waals surface area contributed by atoms with Crippen LogP contribution in [-0.2, 0) is 0 Å². The molecule has 6 N–H and O–H groups in total. The molecule has 2 heterocycles. The summed E-state index contributed by atoms with van der Waals surface area (Å²) in [7, 11) is 0. The van der Waals surface area contributed by atoms with Gasteiger partial charge in [-0.1, -0.05) is 33.6 Å². The molecule has 2 aliphatic heterocycles. The third kappa shape index (κ3) is 12.9. The van der Waals surface area contributed by atoms with E-state index >= 15 is 0 Å². The van der Waals surface area contributed by atoms with E-state index in [0.29, 0.717) is 42.3 Å². The van der Waals surface area contributed by atoms with Crippen LogP contribution in [-0.4, -0.2) is 114 Å². The second kappa shape index (κ2) is 19.0. The highest BCUT2D eigenvalue weighted by molar-refractivity contribution is 4.89. The lowest BCUT2D eigenvalue weighted by Gasteiger charge is -2.46. The number of piperazine rings is 2. The minimum absolute atomic E-state index is 0.309. The van der Waals surface area contributed by atoms with Crippen molar-refractivity contribution in [3.8, 4) is 0 Å². The lowest BCUT2D eigenvalue weighted by atomic mass is 9.99. The van der Waals surface area contributed by atoms with Crippen molar-refractivity contribution in [2.75, 3.05) is 52.4 Å². The lowest BCUT2D eigenvalue weighted by Crippen LogP contribution is -2.59. The molecule has 7 nitrogen and oxygen atoms in total. The Morgan fingerprint density at radius 3 is 1.32 bits per heavy atom. The second-order valence-corrected chi connectivity index (χ2v) is 13.0. The zero-order chi connectivity index (χ0) is 28.8. The van der Waals surface area contributed by atoms with Crippen LogP contribution in [0, 0.1) is 5.92 Å². The van der Waals surface area contributed by atoms with Gasteiger partial charge in [0.05, 0.1) is 0 Å². The van der Waals surface area contributed by atoms with Crippen molar-refractivity contribution >= 4 is 0 Å². The summed E-state index contributed by atoms with van der Waals surface area (Å²) < 4.78 is 0. The maximum absolute atomic E-state index is 6.22. The van der Waals surface area contributed by atoms with Crippen molar-refractivity contribution in [1.29, 1.82) is 0 Å². The fourth-order valence-electron chi connectivity index (χ4n) is 6.18. The van der Waals surface area contributed by atoms with Crippen LogP contribution >= 0.6 is 0 Å². The molecule has 8 atom stereocenters. The smallest absolute Gasteiger partial charge is 0.0221 e. The van der Waals surface area contributed by atoms with E-state index in [4.69, 9.17) is 17.2 Å². The minimum Gasteiger partial charge on any atom is -0.328 e. The topological polar surface area (TPSA) is 91.0 Å². The Morgan fingerprint density at radius 2 is 0.921 bits per heavy atom. The Labute approximate surface area is 238 Å². The zero-order valence-corrected chi connectivity index (χ0v) is 27.0. The zero-order valence-electron chi connectivity index (χ0n) is 27.0. The highest BCUT2D eigenvalue weighted by Crippen LogP contribution is 2.20. The third-order valence-corrected chi connectivity index (χ3v) is 9.25. The van der Waals surface area contributed by atoms with Gasteiger partial charge in [-0.05, 0) is 86.2 Å². The van der Waals surface area contributed by atoms with Crippen LogP contribution in [0.3, 0.4) is 0 Å². The lowest BCUT2D eigenvalue weighted by molar-refractivity contribution is 0.0235. The molecule has 2 rings (SSSR count). The molecule has 2 aliphatic rings. The Morgan fingerprint density at radius 1 is 0.553 bits per heavy atom. The van der Waals surface area contributed by atoms with Crippen LogP contribution in [0.25, 0.3) is 0 Å². The molecule has 228 valence electrons. The van der Waals surface area contributed by atoms with Gasteiger partial charge in [0.25, 0.3) is 0 Å². The predicted octanol–water partition coefficient (Wildman–Crippen LogP) is 3.80. The van der Waals surface area contributed by atoms with E-state index in [0.717, 1.165) is 57.9 Å². The Bertz CT molecular complexity index is 537. The summed E-state index contributed by atoms with van der Waals surface area (Å²) >= 11 is 0. The minimum atomic E-state index is 0.309. The summed E-state index contributed by atoms with van der Waals surface area (Å²) in [6.07, 6.45) is 7.18. The first-order valence-corrected chi connectivity index (χ1v) is 16.1. The van der Waals surface area contributed by atoms with Gasteiger partial charge in [0, 0.05) is 81.6 Å². The summed E-state index contributed by atoms with van der Waals surface area (Å²) in [5.74, 6) is 0.823. The maximum Gasteiger partial charge on any atom is 0.0221 e. The summed E-state index contributed by atoms with van der Waals surface area (Å²) in [5.41, 5.74) is 17.9. The molecule has 8 unspecified atom stereocenters. The van der Waals surface area contributed by atoms with Crippen LogP contribution in [0.5, 0.6) is 0 Å². The molecule has 2 fully saturated rings. The van der Waals surface area contributed by atoms with Gasteiger partial charge in [-0.15, -0.1) is 0 Å². The largest absolute Gasteiger partial charge is 0.328 e. The van der Waals surface area contributed by atoms with Crippen molar-refractivity contribution in [3.63, 3.8) is 0 Å². The van der Waals surface area contributed by atoms with Gasteiger partial charge >= 0.3 is 0 Å². The molecule has 38 heavy (non-hydrogen) atoms. The summed E-state index contributed by atoms with van der Waals surface area (Å²) in [4.78, 5) is 10.5. The number of hydrogen-bond donors (Lipinski definition) is 3. The Hall–Kier alpha value is -0.280. The standard InChI is InChI=1S/C17H37N3.C14H32N4/c1-6-8-14(3)12-19-10-11-20(16(5)15(19)4)13-17(18)9-7-2;1-11(15)5-7-17-9-10-18(8-6-12(2)16)14(4)13(17)3/h14-17H,6-13,18H2,1-5H3;11-14H,5-10,15-16H2,1-4H3. The van der Waals surface area contributed by atoms with Crippen molar-refractivity contribution in [3.05, 3.63) is 0 Å². The fourth-order valence-corrected chi connectivity index (χ4v) is 6.18. The van der Waals surface area contributed by atoms with E-state index in [2.05, 4.69) is 81.9 Å². The molecule has 0 aliphatic carbocycles. The first kappa shape index (κ1) is 35.7. The van der Waals surface area contributed by atoms with Crippen molar-refractivity contribution in [2.24, 2.45) is 23.1 Å². The van der Waals surface area contributed by atoms with Gasteiger partial charge in [-0.2, -0.15) is 0 Å². The molecule has 0 radical (unpaired) electrons. The molecule has 0 aromatic heterocycles. The second-order valence-electron chi connectivity index (χ2n) is 13.0. The van der Waals surface area contributed by atoms with Crippen LogP contribution < -0.4 is 17.2 Å². The van der Waals surface area contributed by atoms with E-state index in [1.807, 2.05) is 0 Å². The molecule has 0 aromatic carbocycles. The van der Waals surface area contributed by atoms with Gasteiger partial charge in [0.2, 0.25) is 0 Å². The van der Waals surface area contributed by atoms with Crippen molar-refractivity contribution in [2.45, 2.75) is 143 Å². The SMILES string of the molecule is CC(N)CCN1CCN(CCC(C)N)C(C)C1C.CCCC(C)CN1CCN(CC(N)CCC)C(C)C1C. The van der Waals surface area contributed by atoms with Gasteiger partial charge in [-0.3, -0.25) is 19.6 Å². The molecule has 0 spiro atoms. The molecular formula is C31H69N7. The maximum atomic E-state index is 6.22. The van der Waals surface area contributed by atoms with Gasteiger partial charge in [0.1, 0.15) is 0 Å². The molecule has 2 saturated heterocycles. The molecule has 0 saturated carbocycles. The predicted molar refractivity (Wildman–Crippen MR) is 168 cm³/mol. The van der Waals surface area contributed by atoms with E-state index in [1.54, 1.807) is 0 Å². The molecular weight excluding hydrogens is 470 g/mol. The third-order valence-electron chi connectivity index (χ3n) is 9.25. The number of nitrogens with two attached hydrogens (primary N) is 3. The first-order valence-electron chi connectivity index (χ1n) is 16.1. The molecule has 0 aromatic rings. The van der Waals surface area contributed by atoms with Crippen LogP contribution in [0.15, 0.2) is 0 Å². The molecule has 7 heteroatoms. The highest BCUT2D eigenvalue weighted by atomic mass is 15.3. The van der Waals surface area contributed by atoms with E-state index in [1.165, 1.54) is 38.9 Å². The normalized spacial score (nSPS) is 29.4. The summed E-state index contributed by atoms with van der Waals surface area (Å²) in [5, 5.41) is 0. The van der Waals surface area contributed by atoms with E-state index in [-0.39, 0.29) is 0 Å². The number of rotatable bonds is 14. The monoisotopic (exact) mass is 540 g/mol. The highest BCUT2D eigenvalue weighted by Gasteiger charge is 2.32. The Kier molecular flexibility index (Phi) is 17.8. The van der Waals surface area contributed by atoms with Gasteiger partial charge in [0.15, 0.2) is 0 Å². The van der Waals surface area contributed by atoms with Crippen LogP contribution in [0.2, 0.25) is 0 Å². The van der Waals surface area contributed by atoms with Crippen LogP contribution in [0.4, 0.5) is 0 Å². The average molecular weight is 540 g/mol. The summed E-state index contributed by atoms with van der Waals surface area (Å²) in [6.45, 7) is 29.8. The number of nitrogens with zero attached hydrogens (tertiary/aromatic N) is 4. The van der Waals surface area contributed by atoms with Crippen molar-refractivity contribution < 1.29 is 0 Å². The van der Waals surface area contributed by atoms with Crippen molar-refractivity contribution in [1.82, 2.24) is 19.6 Å². The van der Waals surface area contributed by atoms with E-state index in [9.17, 15) is 0 Å². The molecule has 0 bridgehead atoms. The van der Waals surface area contributed by atoms with Crippen LogP contribution in [0.1, 0.15) is 101 Å². The number of hydrogen-bond acceptors (Lipinski definition) is 7. The quantitative estimate of drug-likeness (QED) is 0.309. The first-order chi connectivity index (χ1) is 17.9. The fraction of sp³-hybridized carbons (Fsp3) is 1.00. The average Bonchev–Trinajstić information content (AvgIpc) is 2.84. The van der Waals surface area contributed by atoms with E-state index < -0.39 is 0 Å². The van der Waals surface area contributed by atoms with Gasteiger partial charge in [-0.25, -0.2) is 0 Å².